The molecule has 49 heavy (non-hydrogen) atoms. The number of anilines is 2. The largest absolute Gasteiger partial charge is 0.481 e. The third-order valence-electron chi connectivity index (χ3n) is 9.73. The van der Waals surface area contributed by atoms with Crippen LogP contribution in [0.15, 0.2) is 79.3 Å². The van der Waals surface area contributed by atoms with Gasteiger partial charge in [0.25, 0.3) is 0 Å². The molecule has 1 unspecified atom stereocenters. The summed E-state index contributed by atoms with van der Waals surface area (Å²) in [6, 6.07) is 19.6. The maximum Gasteiger partial charge on any atom is 0.236 e. The number of carbonyl (C=O) groups is 2. The summed E-state index contributed by atoms with van der Waals surface area (Å²) in [6.45, 7) is 6.59. The van der Waals surface area contributed by atoms with E-state index >= 15 is 0 Å². The van der Waals surface area contributed by atoms with Gasteiger partial charge in [0.1, 0.15) is 5.69 Å². The predicted octanol–water partition coefficient (Wildman–Crippen LogP) is 4.87. The first-order valence-corrected chi connectivity index (χ1v) is 16.9. The number of aromatic amines is 1. The minimum atomic E-state index is -0.558. The number of likely N-dealkylation sites (tertiary alicyclic amines) is 1. The fraction of sp³-hybridized carbons (Fsp3) is 0.351. The number of H-pyrrole nitrogens is 1. The number of methoxy groups -OCH3 is 1. The topological polar surface area (TPSA) is 132 Å². The van der Waals surface area contributed by atoms with Gasteiger partial charge in [-0.2, -0.15) is 5.10 Å². The van der Waals surface area contributed by atoms with Crippen molar-refractivity contribution in [3.8, 4) is 28.5 Å². The molecule has 2 aromatic carbocycles. The van der Waals surface area contributed by atoms with E-state index in [1.807, 2.05) is 53.4 Å². The molecule has 2 aliphatic heterocycles. The van der Waals surface area contributed by atoms with Crippen LogP contribution in [0.25, 0.3) is 33.5 Å². The van der Waals surface area contributed by atoms with Crippen molar-refractivity contribution in [3.05, 3.63) is 79.3 Å². The minimum absolute atomic E-state index is 0.00210. The van der Waals surface area contributed by atoms with Gasteiger partial charge in [0.2, 0.25) is 17.7 Å². The first-order valence-electron chi connectivity index (χ1n) is 16.9. The second-order valence-electron chi connectivity index (χ2n) is 12.9. The minimum Gasteiger partial charge on any atom is -0.481 e. The lowest BCUT2D eigenvalue weighted by Gasteiger charge is -2.37. The smallest absolute Gasteiger partial charge is 0.236 e. The van der Waals surface area contributed by atoms with Crippen LogP contribution < -0.4 is 15.0 Å². The number of hydrogen-bond donors (Lipinski definition) is 2. The van der Waals surface area contributed by atoms with Crippen LogP contribution in [0.3, 0.4) is 0 Å². The molecule has 2 N–H and O–H groups in total. The van der Waals surface area contributed by atoms with Crippen molar-refractivity contribution in [2.24, 2.45) is 5.41 Å². The third-order valence-corrected chi connectivity index (χ3v) is 9.73. The van der Waals surface area contributed by atoms with Crippen LogP contribution in [0.5, 0.6) is 5.88 Å². The van der Waals surface area contributed by atoms with Crippen LogP contribution in [0, 0.1) is 5.41 Å². The van der Waals surface area contributed by atoms with Crippen molar-refractivity contribution in [1.82, 2.24) is 34.9 Å². The third kappa shape index (κ3) is 6.82. The van der Waals surface area contributed by atoms with Gasteiger partial charge in [-0.15, -0.1) is 0 Å². The molecule has 2 amide bonds. The molecule has 0 bridgehead atoms. The van der Waals surface area contributed by atoms with E-state index in [0.717, 1.165) is 59.3 Å². The van der Waals surface area contributed by atoms with E-state index in [1.165, 1.54) is 0 Å². The van der Waals surface area contributed by atoms with E-state index < -0.39 is 5.41 Å². The van der Waals surface area contributed by atoms with Crippen molar-refractivity contribution >= 4 is 34.1 Å². The lowest BCUT2D eigenvalue weighted by atomic mass is 9.81. The molecule has 0 saturated carbocycles. The second kappa shape index (κ2) is 14.0. The summed E-state index contributed by atoms with van der Waals surface area (Å²) in [4.78, 5) is 46.7. The van der Waals surface area contributed by atoms with Crippen molar-refractivity contribution < 1.29 is 14.3 Å². The SMILES string of the molecule is CCCC1(C(=O)Nc2ccc3[nH]nc(-c4ccnc(OC)c4)c3c2)CCN(CC(=O)N2CCN(c3ccc(-c4ncccn4)cc3)CC2)C1. The van der Waals surface area contributed by atoms with E-state index in [-0.39, 0.29) is 11.8 Å². The molecule has 12 nitrogen and oxygen atoms in total. The second-order valence-corrected chi connectivity index (χ2v) is 12.9. The number of nitrogens with one attached hydrogen (secondary N) is 2. The Labute approximate surface area is 285 Å². The number of hydrogen-bond acceptors (Lipinski definition) is 9. The molecule has 5 aromatic rings. The molecule has 2 aliphatic rings. The van der Waals surface area contributed by atoms with Gasteiger partial charge in [0.15, 0.2) is 5.82 Å². The lowest BCUT2D eigenvalue weighted by Crippen LogP contribution is -2.51. The van der Waals surface area contributed by atoms with Crippen LogP contribution in [-0.4, -0.2) is 99.7 Å². The Bertz CT molecular complexity index is 1920. The van der Waals surface area contributed by atoms with Crippen LogP contribution in [0.2, 0.25) is 0 Å². The molecular formula is C37H41N9O3. The molecule has 0 radical (unpaired) electrons. The number of benzene rings is 2. The van der Waals surface area contributed by atoms with Gasteiger partial charge >= 0.3 is 0 Å². The maximum atomic E-state index is 14.0. The van der Waals surface area contributed by atoms with E-state index in [2.05, 4.69) is 59.3 Å². The van der Waals surface area contributed by atoms with E-state index in [1.54, 1.807) is 25.7 Å². The number of ether oxygens (including phenoxy) is 1. The molecule has 7 rings (SSSR count). The molecule has 0 aliphatic carbocycles. The van der Waals surface area contributed by atoms with Crippen LogP contribution in [0.1, 0.15) is 26.2 Å². The van der Waals surface area contributed by atoms with Gasteiger partial charge < -0.3 is 19.9 Å². The Morgan fingerprint density at radius 1 is 0.918 bits per heavy atom. The number of nitrogens with zero attached hydrogens (tertiary/aromatic N) is 7. The molecule has 2 fully saturated rings. The first-order chi connectivity index (χ1) is 23.9. The van der Waals surface area contributed by atoms with E-state index in [9.17, 15) is 9.59 Å². The molecular weight excluding hydrogens is 618 g/mol. The average molecular weight is 660 g/mol. The summed E-state index contributed by atoms with van der Waals surface area (Å²) in [5.41, 5.74) is 4.76. The normalized spacial score (nSPS) is 18.2. The Morgan fingerprint density at radius 3 is 2.47 bits per heavy atom. The van der Waals surface area contributed by atoms with E-state index in [4.69, 9.17) is 4.74 Å². The standard InChI is InChI=1S/C37H41N9O3/c1-3-12-37(36(48)41-28-7-10-31-30(23-28)34(43-42-31)27-11-16-38-32(22-27)49-2)13-17-44(25-37)24-33(47)46-20-18-45(19-21-46)29-8-5-26(6-9-29)35-39-14-4-15-40-35/h4-11,14-16,22-23H,3,12-13,17-21,24-25H2,1-2H3,(H,41,48)(H,42,43). The average Bonchev–Trinajstić information content (AvgIpc) is 3.77. The summed E-state index contributed by atoms with van der Waals surface area (Å²) < 4.78 is 5.30. The Morgan fingerprint density at radius 2 is 1.71 bits per heavy atom. The van der Waals surface area contributed by atoms with Gasteiger partial charge in [0.05, 0.1) is 24.6 Å². The fourth-order valence-corrected chi connectivity index (χ4v) is 7.09. The Balaban J connectivity index is 0.957. The quantitative estimate of drug-likeness (QED) is 0.216. The number of rotatable bonds is 10. The highest BCUT2D eigenvalue weighted by atomic mass is 16.5. The highest BCUT2D eigenvalue weighted by molar-refractivity contribution is 6.00. The zero-order valence-corrected chi connectivity index (χ0v) is 27.9. The van der Waals surface area contributed by atoms with Crippen LogP contribution >= 0.6 is 0 Å². The zero-order valence-electron chi connectivity index (χ0n) is 27.9. The van der Waals surface area contributed by atoms with Gasteiger partial charge in [-0.1, -0.05) is 13.3 Å². The first kappa shape index (κ1) is 32.2. The highest BCUT2D eigenvalue weighted by Crippen LogP contribution is 2.37. The van der Waals surface area contributed by atoms with Crippen molar-refractivity contribution in [3.63, 3.8) is 0 Å². The fourth-order valence-electron chi connectivity index (χ4n) is 7.09. The summed E-state index contributed by atoms with van der Waals surface area (Å²) in [5, 5.41) is 11.7. The summed E-state index contributed by atoms with van der Waals surface area (Å²) in [7, 11) is 1.58. The summed E-state index contributed by atoms with van der Waals surface area (Å²) >= 11 is 0. The van der Waals surface area contributed by atoms with Crippen molar-refractivity contribution in [2.45, 2.75) is 26.2 Å². The number of pyridine rings is 1. The molecule has 0 spiro atoms. The lowest BCUT2D eigenvalue weighted by molar-refractivity contribution is -0.133. The molecule has 2 saturated heterocycles. The number of fused-ring (bicyclic) bond motifs is 1. The predicted molar refractivity (Wildman–Crippen MR) is 189 cm³/mol. The Kier molecular flexibility index (Phi) is 9.21. The van der Waals surface area contributed by atoms with Crippen molar-refractivity contribution in [1.29, 1.82) is 0 Å². The Hall–Kier alpha value is -5.36. The number of amides is 2. The summed E-state index contributed by atoms with van der Waals surface area (Å²) in [6.07, 6.45) is 7.53. The van der Waals surface area contributed by atoms with Gasteiger partial charge in [0, 0.05) is 85.3 Å². The highest BCUT2D eigenvalue weighted by Gasteiger charge is 2.44. The van der Waals surface area contributed by atoms with Gasteiger partial charge in [-0.05, 0) is 74.0 Å². The number of piperazine rings is 1. The molecule has 5 heterocycles. The van der Waals surface area contributed by atoms with Gasteiger partial charge in [-0.3, -0.25) is 19.6 Å². The van der Waals surface area contributed by atoms with E-state index in [0.29, 0.717) is 56.5 Å². The van der Waals surface area contributed by atoms with Crippen LogP contribution in [0.4, 0.5) is 11.4 Å². The van der Waals surface area contributed by atoms with Crippen LogP contribution in [-0.2, 0) is 9.59 Å². The number of aromatic nitrogens is 5. The molecule has 1 atom stereocenters. The van der Waals surface area contributed by atoms with Gasteiger partial charge in [-0.25, -0.2) is 15.0 Å². The van der Waals surface area contributed by atoms with Crippen molar-refractivity contribution in [2.75, 3.05) is 63.1 Å². The summed E-state index contributed by atoms with van der Waals surface area (Å²) in [5.74, 6) is 1.33. The molecule has 252 valence electrons. The number of carbonyl (C=O) groups excluding carboxylic acids is 2. The maximum absolute atomic E-state index is 14.0. The molecule has 3 aromatic heterocycles. The zero-order chi connectivity index (χ0) is 33.8. The molecule has 12 heteroatoms. The monoisotopic (exact) mass is 659 g/mol.